The van der Waals surface area contributed by atoms with E-state index in [0.717, 1.165) is 6.42 Å². The van der Waals surface area contributed by atoms with Crippen LogP contribution in [-0.4, -0.2) is 58.2 Å². The Morgan fingerprint density at radius 3 is 2.35 bits per heavy atom. The van der Waals surface area contributed by atoms with Gasteiger partial charge < -0.3 is 14.8 Å². The first kappa shape index (κ1) is 20.5. The van der Waals surface area contributed by atoms with Crippen LogP contribution >= 0.6 is 0 Å². The number of hydrogen-bond donors (Lipinski definition) is 1. The van der Waals surface area contributed by atoms with Crippen LogP contribution in [0.15, 0.2) is 18.2 Å². The van der Waals surface area contributed by atoms with E-state index in [1.165, 1.54) is 14.2 Å². The Bertz CT molecular complexity index is 725. The fraction of sp³-hybridized carbons (Fsp3) is 0.611. The summed E-state index contributed by atoms with van der Waals surface area (Å²) in [5.74, 6) is 1.24. The highest BCUT2D eigenvalue weighted by atomic mass is 32.2. The second-order valence-electron chi connectivity index (χ2n) is 6.90. The van der Waals surface area contributed by atoms with Crippen LogP contribution in [0.1, 0.15) is 30.6 Å². The van der Waals surface area contributed by atoms with E-state index in [4.69, 9.17) is 9.47 Å². The maximum absolute atomic E-state index is 12.5. The number of sulfonamides is 1. The quantitative estimate of drug-likeness (QED) is 0.774. The van der Waals surface area contributed by atoms with Gasteiger partial charge in [-0.3, -0.25) is 4.79 Å². The number of ether oxygens (including phenoxy) is 2. The summed E-state index contributed by atoms with van der Waals surface area (Å²) in [4.78, 5) is 12.3. The topological polar surface area (TPSA) is 84.9 Å². The molecule has 1 aliphatic rings. The third kappa shape index (κ3) is 5.11. The van der Waals surface area contributed by atoms with Gasteiger partial charge in [0.15, 0.2) is 11.5 Å². The molecule has 8 heteroatoms. The largest absolute Gasteiger partial charge is 0.493 e. The van der Waals surface area contributed by atoms with E-state index >= 15 is 0 Å². The number of rotatable bonds is 7. The molecule has 1 heterocycles. The third-order valence-electron chi connectivity index (χ3n) is 4.52. The molecule has 1 aliphatic heterocycles. The van der Waals surface area contributed by atoms with Crippen molar-refractivity contribution in [3.05, 3.63) is 23.8 Å². The predicted molar refractivity (Wildman–Crippen MR) is 100 cm³/mol. The van der Waals surface area contributed by atoms with Gasteiger partial charge in [0.1, 0.15) is 0 Å². The standard InChI is InChI=1S/C18H28N2O5S/c1-13-9-14(2)12-20(11-13)26(22,23)8-7-19-18(21)15-5-6-16(24-3)17(10-15)25-4/h5-6,10,13-14H,7-9,11-12H2,1-4H3,(H,19,21)/t13-,14-/m1/s1. The van der Waals surface area contributed by atoms with Crippen LogP contribution in [0.5, 0.6) is 11.5 Å². The first-order valence-electron chi connectivity index (χ1n) is 8.75. The molecule has 0 aromatic heterocycles. The smallest absolute Gasteiger partial charge is 0.251 e. The number of piperidine rings is 1. The molecule has 0 spiro atoms. The molecule has 1 saturated heterocycles. The zero-order chi connectivity index (χ0) is 19.3. The van der Waals surface area contributed by atoms with Gasteiger partial charge in [0, 0.05) is 25.2 Å². The average molecular weight is 384 g/mol. The molecule has 0 aliphatic carbocycles. The monoisotopic (exact) mass is 384 g/mol. The summed E-state index contributed by atoms with van der Waals surface area (Å²) in [6, 6.07) is 4.82. The number of benzene rings is 1. The molecule has 1 amide bonds. The summed E-state index contributed by atoms with van der Waals surface area (Å²) in [6.07, 6.45) is 1.04. The molecule has 7 nitrogen and oxygen atoms in total. The van der Waals surface area contributed by atoms with E-state index in [0.29, 0.717) is 42.0 Å². The number of amides is 1. The van der Waals surface area contributed by atoms with Crippen LogP contribution in [0.25, 0.3) is 0 Å². The average Bonchev–Trinajstić information content (AvgIpc) is 2.60. The molecule has 0 saturated carbocycles. The number of carbonyl (C=O) groups excluding carboxylic acids is 1. The van der Waals surface area contributed by atoms with Crippen molar-refractivity contribution < 1.29 is 22.7 Å². The minimum atomic E-state index is -3.38. The molecule has 1 aromatic rings. The number of methoxy groups -OCH3 is 2. The fourth-order valence-electron chi connectivity index (χ4n) is 3.34. The molecule has 0 unspecified atom stereocenters. The van der Waals surface area contributed by atoms with Crippen molar-refractivity contribution in [3.63, 3.8) is 0 Å². The van der Waals surface area contributed by atoms with Crippen molar-refractivity contribution in [1.29, 1.82) is 0 Å². The van der Waals surface area contributed by atoms with Gasteiger partial charge in [-0.05, 0) is 36.5 Å². The van der Waals surface area contributed by atoms with Gasteiger partial charge in [0.25, 0.3) is 5.91 Å². The lowest BCUT2D eigenvalue weighted by atomic mass is 9.94. The summed E-state index contributed by atoms with van der Waals surface area (Å²) < 4.78 is 36.9. The molecule has 1 N–H and O–H groups in total. The Morgan fingerprint density at radius 2 is 1.77 bits per heavy atom. The van der Waals surface area contributed by atoms with E-state index in [2.05, 4.69) is 19.2 Å². The highest BCUT2D eigenvalue weighted by Crippen LogP contribution is 2.27. The van der Waals surface area contributed by atoms with Gasteiger partial charge in [-0.2, -0.15) is 0 Å². The zero-order valence-electron chi connectivity index (χ0n) is 15.8. The van der Waals surface area contributed by atoms with Crippen molar-refractivity contribution in [2.45, 2.75) is 20.3 Å². The molecular weight excluding hydrogens is 356 g/mol. The van der Waals surface area contributed by atoms with Crippen LogP contribution in [0.3, 0.4) is 0 Å². The lowest BCUT2D eigenvalue weighted by Crippen LogP contribution is -2.45. The van der Waals surface area contributed by atoms with E-state index < -0.39 is 10.0 Å². The summed E-state index contributed by atoms with van der Waals surface area (Å²) in [5.41, 5.74) is 0.389. The van der Waals surface area contributed by atoms with E-state index in [-0.39, 0.29) is 18.2 Å². The van der Waals surface area contributed by atoms with Crippen molar-refractivity contribution in [2.75, 3.05) is 39.6 Å². The molecule has 0 bridgehead atoms. The zero-order valence-corrected chi connectivity index (χ0v) is 16.6. The maximum Gasteiger partial charge on any atom is 0.251 e. The lowest BCUT2D eigenvalue weighted by Gasteiger charge is -2.34. The molecule has 0 radical (unpaired) electrons. The maximum atomic E-state index is 12.5. The Morgan fingerprint density at radius 1 is 1.15 bits per heavy atom. The minimum absolute atomic E-state index is 0.0643. The fourth-order valence-corrected chi connectivity index (χ4v) is 4.92. The van der Waals surface area contributed by atoms with E-state index in [1.54, 1.807) is 22.5 Å². The van der Waals surface area contributed by atoms with E-state index in [1.807, 2.05) is 0 Å². The van der Waals surface area contributed by atoms with Crippen LogP contribution in [0.4, 0.5) is 0 Å². The Kier molecular flexibility index (Phi) is 6.88. The van der Waals surface area contributed by atoms with Gasteiger partial charge in [-0.15, -0.1) is 0 Å². The molecule has 26 heavy (non-hydrogen) atoms. The minimum Gasteiger partial charge on any atom is -0.493 e. The van der Waals surface area contributed by atoms with Gasteiger partial charge in [-0.25, -0.2) is 12.7 Å². The first-order valence-corrected chi connectivity index (χ1v) is 10.4. The first-order chi connectivity index (χ1) is 12.3. The second kappa shape index (κ2) is 8.73. The molecule has 1 aromatic carbocycles. The molecular formula is C18H28N2O5S. The van der Waals surface area contributed by atoms with Crippen molar-refractivity contribution in [3.8, 4) is 11.5 Å². The Hall–Kier alpha value is -1.80. The molecule has 1 fully saturated rings. The Balaban J connectivity index is 1.93. The van der Waals surface area contributed by atoms with Crippen LogP contribution in [0.2, 0.25) is 0 Å². The summed E-state index contributed by atoms with van der Waals surface area (Å²) in [7, 11) is -0.365. The summed E-state index contributed by atoms with van der Waals surface area (Å²) in [6.45, 7) is 5.30. The van der Waals surface area contributed by atoms with Gasteiger partial charge in [0.05, 0.1) is 20.0 Å². The molecule has 2 rings (SSSR count). The van der Waals surface area contributed by atoms with Crippen LogP contribution < -0.4 is 14.8 Å². The van der Waals surface area contributed by atoms with Crippen molar-refractivity contribution >= 4 is 15.9 Å². The predicted octanol–water partition coefficient (Wildman–Crippen LogP) is 1.74. The molecule has 2 atom stereocenters. The van der Waals surface area contributed by atoms with E-state index in [9.17, 15) is 13.2 Å². The third-order valence-corrected chi connectivity index (χ3v) is 6.33. The van der Waals surface area contributed by atoms with Crippen LogP contribution in [-0.2, 0) is 10.0 Å². The normalized spacial score (nSPS) is 21.2. The van der Waals surface area contributed by atoms with Gasteiger partial charge >= 0.3 is 0 Å². The van der Waals surface area contributed by atoms with Crippen LogP contribution in [0, 0.1) is 11.8 Å². The Labute approximate surface area is 155 Å². The highest BCUT2D eigenvalue weighted by Gasteiger charge is 2.30. The number of nitrogens with zero attached hydrogens (tertiary/aromatic N) is 1. The lowest BCUT2D eigenvalue weighted by molar-refractivity contribution is 0.0955. The van der Waals surface area contributed by atoms with Gasteiger partial charge in [-0.1, -0.05) is 13.8 Å². The summed E-state index contributed by atoms with van der Waals surface area (Å²) in [5, 5.41) is 2.66. The summed E-state index contributed by atoms with van der Waals surface area (Å²) >= 11 is 0. The van der Waals surface area contributed by atoms with Crippen molar-refractivity contribution in [1.82, 2.24) is 9.62 Å². The van der Waals surface area contributed by atoms with Crippen molar-refractivity contribution in [2.24, 2.45) is 11.8 Å². The number of carbonyl (C=O) groups is 1. The SMILES string of the molecule is COc1ccc(C(=O)NCCS(=O)(=O)N2C[C@H](C)C[C@@H](C)C2)cc1OC. The van der Waals surface area contributed by atoms with Gasteiger partial charge in [0.2, 0.25) is 10.0 Å². The second-order valence-corrected chi connectivity index (χ2v) is 8.99. The number of nitrogens with one attached hydrogen (secondary N) is 1. The number of hydrogen-bond acceptors (Lipinski definition) is 5. The molecule has 146 valence electrons. The highest BCUT2D eigenvalue weighted by molar-refractivity contribution is 7.89.